The molecule has 0 amide bonds. The van der Waals surface area contributed by atoms with Crippen molar-refractivity contribution in [2.24, 2.45) is 11.8 Å². The Morgan fingerprint density at radius 2 is 2.06 bits per heavy atom. The molecule has 1 aromatic heterocycles. The van der Waals surface area contributed by atoms with Crippen LogP contribution in [0.15, 0.2) is 0 Å². The summed E-state index contributed by atoms with van der Waals surface area (Å²) in [7, 11) is 0. The molecular formula is C15H26N2S. The lowest BCUT2D eigenvalue weighted by Crippen LogP contribution is -2.27. The highest BCUT2D eigenvalue weighted by atomic mass is 32.1. The van der Waals surface area contributed by atoms with E-state index in [4.69, 9.17) is 4.98 Å². The van der Waals surface area contributed by atoms with Gasteiger partial charge in [0, 0.05) is 17.3 Å². The van der Waals surface area contributed by atoms with Crippen molar-refractivity contribution in [1.82, 2.24) is 10.3 Å². The van der Waals surface area contributed by atoms with Gasteiger partial charge in [0.15, 0.2) is 0 Å². The van der Waals surface area contributed by atoms with Crippen LogP contribution < -0.4 is 5.32 Å². The van der Waals surface area contributed by atoms with E-state index in [-0.39, 0.29) is 0 Å². The topological polar surface area (TPSA) is 24.9 Å². The third-order valence-corrected chi connectivity index (χ3v) is 4.71. The molecule has 102 valence electrons. The maximum atomic E-state index is 4.69. The lowest BCUT2D eigenvalue weighted by atomic mass is 9.94. The van der Waals surface area contributed by atoms with E-state index in [1.165, 1.54) is 41.4 Å². The fourth-order valence-corrected chi connectivity index (χ4v) is 3.45. The molecule has 0 aromatic carbocycles. The molecule has 1 unspecified atom stereocenters. The molecule has 0 aliphatic heterocycles. The zero-order valence-electron chi connectivity index (χ0n) is 12.1. The Bertz CT molecular complexity index is 360. The van der Waals surface area contributed by atoms with Crippen LogP contribution in [0.2, 0.25) is 0 Å². The zero-order valence-corrected chi connectivity index (χ0v) is 12.9. The van der Waals surface area contributed by atoms with Crippen LogP contribution in [0, 0.1) is 25.7 Å². The molecule has 1 fully saturated rings. The highest BCUT2D eigenvalue weighted by Crippen LogP contribution is 2.24. The highest BCUT2D eigenvalue weighted by Gasteiger charge is 2.22. The van der Waals surface area contributed by atoms with Crippen LogP contribution in [0.3, 0.4) is 0 Å². The predicted molar refractivity (Wildman–Crippen MR) is 79.3 cm³/mol. The lowest BCUT2D eigenvalue weighted by Gasteiger charge is -2.18. The van der Waals surface area contributed by atoms with Crippen LogP contribution in [0.1, 0.15) is 48.7 Å². The largest absolute Gasteiger partial charge is 0.314 e. The second kappa shape index (κ2) is 6.16. The van der Waals surface area contributed by atoms with Crippen molar-refractivity contribution >= 4 is 11.3 Å². The summed E-state index contributed by atoms with van der Waals surface area (Å²) in [6, 6.07) is 0.819. The van der Waals surface area contributed by atoms with Crippen molar-refractivity contribution < 1.29 is 0 Å². The van der Waals surface area contributed by atoms with Gasteiger partial charge in [-0.1, -0.05) is 13.8 Å². The number of aromatic nitrogens is 1. The van der Waals surface area contributed by atoms with Crippen molar-refractivity contribution in [1.29, 1.82) is 0 Å². The first-order valence-electron chi connectivity index (χ1n) is 7.21. The Hall–Kier alpha value is -0.410. The van der Waals surface area contributed by atoms with E-state index in [0.717, 1.165) is 24.3 Å². The molecule has 0 saturated heterocycles. The van der Waals surface area contributed by atoms with E-state index >= 15 is 0 Å². The smallest absolute Gasteiger partial charge is 0.0934 e. The Morgan fingerprint density at radius 1 is 1.33 bits per heavy atom. The SMILES string of the molecule is Cc1nc(CC(CNC2CC2)CC(C)C)sc1C. The van der Waals surface area contributed by atoms with Gasteiger partial charge in [-0.05, 0) is 51.5 Å². The fourth-order valence-electron chi connectivity index (χ4n) is 2.40. The number of thiazole rings is 1. The third-order valence-electron chi connectivity index (χ3n) is 3.61. The van der Waals surface area contributed by atoms with Crippen molar-refractivity contribution in [3.05, 3.63) is 15.6 Å². The third kappa shape index (κ3) is 4.36. The standard InChI is InChI=1S/C15H26N2S/c1-10(2)7-13(9-16-14-5-6-14)8-15-17-11(3)12(4)18-15/h10,13-14,16H,5-9H2,1-4H3. The second-order valence-electron chi connectivity index (χ2n) is 6.13. The molecule has 1 aliphatic rings. The monoisotopic (exact) mass is 266 g/mol. The van der Waals surface area contributed by atoms with Gasteiger partial charge < -0.3 is 5.32 Å². The first-order valence-corrected chi connectivity index (χ1v) is 8.02. The minimum absolute atomic E-state index is 0.746. The van der Waals surface area contributed by atoms with E-state index in [9.17, 15) is 0 Å². The summed E-state index contributed by atoms with van der Waals surface area (Å²) in [5, 5.41) is 5.01. The normalized spacial score (nSPS) is 17.4. The number of nitrogens with one attached hydrogen (secondary N) is 1. The van der Waals surface area contributed by atoms with Crippen molar-refractivity contribution in [2.45, 2.75) is 59.4 Å². The zero-order chi connectivity index (χ0) is 13.1. The second-order valence-corrected chi connectivity index (χ2v) is 7.42. The lowest BCUT2D eigenvalue weighted by molar-refractivity contribution is 0.383. The van der Waals surface area contributed by atoms with Gasteiger partial charge in [0.25, 0.3) is 0 Å². The summed E-state index contributed by atoms with van der Waals surface area (Å²) < 4.78 is 0. The number of aryl methyl sites for hydroxylation is 2. The van der Waals surface area contributed by atoms with Crippen LogP contribution in [0.4, 0.5) is 0 Å². The van der Waals surface area contributed by atoms with Crippen LogP contribution in [-0.4, -0.2) is 17.6 Å². The molecule has 1 saturated carbocycles. The molecule has 1 aromatic rings. The molecule has 2 nitrogen and oxygen atoms in total. The first kappa shape index (κ1) is 14.0. The van der Waals surface area contributed by atoms with Gasteiger partial charge in [0.1, 0.15) is 0 Å². The average molecular weight is 266 g/mol. The van der Waals surface area contributed by atoms with Crippen molar-refractivity contribution in [3.8, 4) is 0 Å². The molecule has 2 rings (SSSR count). The van der Waals surface area contributed by atoms with Crippen LogP contribution >= 0.6 is 11.3 Å². The van der Waals surface area contributed by atoms with Gasteiger partial charge >= 0.3 is 0 Å². The fraction of sp³-hybridized carbons (Fsp3) is 0.800. The number of nitrogens with zero attached hydrogens (tertiary/aromatic N) is 1. The molecule has 1 atom stereocenters. The summed E-state index contributed by atoms with van der Waals surface area (Å²) in [6.07, 6.45) is 5.21. The summed E-state index contributed by atoms with van der Waals surface area (Å²) in [5.74, 6) is 1.52. The molecule has 0 spiro atoms. The van der Waals surface area contributed by atoms with E-state index in [2.05, 4.69) is 33.0 Å². The van der Waals surface area contributed by atoms with Gasteiger partial charge in [-0.15, -0.1) is 11.3 Å². The maximum absolute atomic E-state index is 4.69. The van der Waals surface area contributed by atoms with Gasteiger partial charge in [0.05, 0.1) is 10.7 Å². The molecule has 18 heavy (non-hydrogen) atoms. The van der Waals surface area contributed by atoms with Gasteiger partial charge in [-0.25, -0.2) is 4.98 Å². The van der Waals surface area contributed by atoms with E-state index in [1.807, 2.05) is 11.3 Å². The molecule has 1 heterocycles. The van der Waals surface area contributed by atoms with Gasteiger partial charge in [-0.2, -0.15) is 0 Å². The Balaban J connectivity index is 1.89. The molecule has 1 N–H and O–H groups in total. The Morgan fingerprint density at radius 3 is 2.56 bits per heavy atom. The van der Waals surface area contributed by atoms with E-state index in [0.29, 0.717) is 0 Å². The Kier molecular flexibility index (Phi) is 4.79. The van der Waals surface area contributed by atoms with E-state index < -0.39 is 0 Å². The molecule has 1 aliphatic carbocycles. The molecular weight excluding hydrogens is 240 g/mol. The first-order chi connectivity index (χ1) is 8.54. The molecule has 0 bridgehead atoms. The van der Waals surface area contributed by atoms with Crippen molar-refractivity contribution in [2.75, 3.05) is 6.54 Å². The number of hydrogen-bond donors (Lipinski definition) is 1. The van der Waals surface area contributed by atoms with Crippen LogP contribution in [0.5, 0.6) is 0 Å². The molecule has 0 radical (unpaired) electrons. The number of hydrogen-bond acceptors (Lipinski definition) is 3. The summed E-state index contributed by atoms with van der Waals surface area (Å²) >= 11 is 1.88. The Labute approximate surface area is 115 Å². The predicted octanol–water partition coefficient (Wildman–Crippen LogP) is 3.72. The van der Waals surface area contributed by atoms with Crippen LogP contribution in [0.25, 0.3) is 0 Å². The average Bonchev–Trinajstić information content (AvgIpc) is 3.03. The van der Waals surface area contributed by atoms with Gasteiger partial charge in [-0.3, -0.25) is 0 Å². The number of rotatable bonds is 7. The quantitative estimate of drug-likeness (QED) is 0.813. The summed E-state index contributed by atoms with van der Waals surface area (Å²) in [4.78, 5) is 6.07. The minimum atomic E-state index is 0.746. The van der Waals surface area contributed by atoms with Crippen molar-refractivity contribution in [3.63, 3.8) is 0 Å². The van der Waals surface area contributed by atoms with Crippen LogP contribution in [-0.2, 0) is 6.42 Å². The van der Waals surface area contributed by atoms with Gasteiger partial charge in [0.2, 0.25) is 0 Å². The minimum Gasteiger partial charge on any atom is -0.314 e. The molecule has 3 heteroatoms. The summed E-state index contributed by atoms with van der Waals surface area (Å²) in [6.45, 7) is 10.1. The maximum Gasteiger partial charge on any atom is 0.0934 e. The summed E-state index contributed by atoms with van der Waals surface area (Å²) in [5.41, 5.74) is 1.22. The van der Waals surface area contributed by atoms with E-state index in [1.54, 1.807) is 0 Å². The highest BCUT2D eigenvalue weighted by molar-refractivity contribution is 7.11.